The van der Waals surface area contributed by atoms with Crippen LogP contribution in [0.1, 0.15) is 122 Å². The number of benzene rings is 2. The smallest absolute Gasteiger partial charge is 0.309 e. The molecule has 0 radical (unpaired) electrons. The summed E-state index contributed by atoms with van der Waals surface area (Å²) in [4.78, 5) is 46.2. The maximum Gasteiger partial charge on any atom is 0.309 e. The van der Waals surface area contributed by atoms with Crippen LogP contribution in [0.2, 0.25) is 5.02 Å². The highest BCUT2D eigenvalue weighted by Crippen LogP contribution is 2.50. The first-order valence-electron chi connectivity index (χ1n) is 29.1. The number of fused-ring (bicyclic) bond motifs is 3. The number of amides is 1. The summed E-state index contributed by atoms with van der Waals surface area (Å²) in [5.41, 5.74) is -2.17. The van der Waals surface area contributed by atoms with Gasteiger partial charge in [0.1, 0.15) is 41.4 Å². The first-order chi connectivity index (χ1) is 38.1. The van der Waals surface area contributed by atoms with E-state index in [-0.39, 0.29) is 62.1 Å². The standard InChI is InChI=1S/C61H94ClN5O14/c1-16-49-59(10,72)53(69)39(7)66(13)32-34(2)30-61(74)54(80-57-52(81-61)47(65(11)12)27-35(3)77-57)36(4)51(37(5)56(71)79-49)48-31-58(9,76-15)60(73,40(8)78-48)33-63-25-17-18-26-64-50(68)29-44-38(6)67(46-24-23-43(75-14)28-45(44)46)55(70)41-19-21-42(62)22-20-41/h19-24,28,34-37,39-40,47-49,51-54,57,63,69,72-74H,16-18,25-27,29-33H2,1-15H3,(H,64,68)/t34-,35-,36+,37-,39-,40+,47+,48?,49-,51+,52-,53-,54-,57+,58-,59-,60-,61+/m1/s1. The molecule has 81 heavy (non-hydrogen) atoms. The second-order valence-electron chi connectivity index (χ2n) is 24.7. The number of aliphatic hydroxyl groups is 4. The molecule has 1 amide bonds. The number of unbranched alkanes of at least 4 members (excludes halogenated alkanes) is 1. The number of halogens is 1. The van der Waals surface area contributed by atoms with E-state index in [0.717, 1.165) is 10.9 Å². The molecule has 2 aromatic carbocycles. The SMILES string of the molecule is CC[C@H]1OC(=O)[C@H](C)[C@@H](C2C[C@@](C)(OC)[C@@](O)(CNCCCCNC(=O)Cc3c(C)n(C(=O)c4ccc(Cl)cc4)c4ccc(OC)cc34)[C@H](C)O2)[C@H](C)[C@H]2O[C@@H]3O[C@H](C)C[C@H](N(C)C)[C@H]3O[C@@]2(O)C[C@@H](C)CN(C)[C@H](C)[C@@H](O)[C@]1(C)O. The number of aromatic nitrogens is 1. The third kappa shape index (κ3) is 13.4. The lowest BCUT2D eigenvalue weighted by Crippen LogP contribution is -2.71. The molecule has 0 aliphatic carbocycles. The fourth-order valence-corrected chi connectivity index (χ4v) is 13.8. The van der Waals surface area contributed by atoms with E-state index >= 15 is 0 Å². The van der Waals surface area contributed by atoms with Crippen LogP contribution in [0.25, 0.3) is 10.9 Å². The van der Waals surface area contributed by atoms with Crippen LogP contribution >= 0.6 is 11.6 Å². The first-order valence-corrected chi connectivity index (χ1v) is 29.5. The number of aliphatic hydroxyl groups excluding tert-OH is 1. The quantitative estimate of drug-likeness (QED) is 0.0773. The summed E-state index contributed by atoms with van der Waals surface area (Å²) in [7, 11) is 8.91. The van der Waals surface area contributed by atoms with Gasteiger partial charge >= 0.3 is 5.97 Å². The molecule has 0 saturated carbocycles. The number of esters is 1. The van der Waals surface area contributed by atoms with E-state index in [1.165, 1.54) is 6.92 Å². The Kier molecular flexibility index (Phi) is 21.0. The molecule has 4 aliphatic heterocycles. The highest BCUT2D eigenvalue weighted by atomic mass is 35.5. The van der Waals surface area contributed by atoms with Crippen LogP contribution in [0.15, 0.2) is 42.5 Å². The normalized spacial score (nSPS) is 37.4. The molecule has 19 nitrogen and oxygen atoms in total. The number of hydrogen-bond donors (Lipinski definition) is 6. The van der Waals surface area contributed by atoms with Gasteiger partial charge < -0.3 is 74.0 Å². The number of likely N-dealkylation sites (N-methyl/N-ethyl adjacent to an activating group) is 2. The van der Waals surface area contributed by atoms with Gasteiger partial charge in [0.05, 0.1) is 48.9 Å². The molecule has 4 saturated heterocycles. The molecule has 0 spiro atoms. The number of nitrogens with one attached hydrogen (secondary N) is 2. The van der Waals surface area contributed by atoms with Gasteiger partial charge in [-0.15, -0.1) is 0 Å². The molecular weight excluding hydrogens is 1060 g/mol. The van der Waals surface area contributed by atoms with Gasteiger partial charge in [0, 0.05) is 79.3 Å². The fourth-order valence-electron chi connectivity index (χ4n) is 13.6. The molecule has 7 rings (SSSR count). The predicted molar refractivity (Wildman–Crippen MR) is 308 cm³/mol. The van der Waals surface area contributed by atoms with E-state index in [0.29, 0.717) is 66.4 Å². The lowest BCUT2D eigenvalue weighted by molar-refractivity contribution is -0.425. The maximum atomic E-state index is 14.8. The molecule has 18 atom stereocenters. The number of hydrogen-bond acceptors (Lipinski definition) is 17. The minimum Gasteiger partial charge on any atom is -0.497 e. The first kappa shape index (κ1) is 64.8. The van der Waals surface area contributed by atoms with Gasteiger partial charge in [0.2, 0.25) is 5.91 Å². The molecule has 6 N–H and O–H groups in total. The molecule has 4 fully saturated rings. The summed E-state index contributed by atoms with van der Waals surface area (Å²) in [6, 6.07) is 11.4. The van der Waals surface area contributed by atoms with Crippen LogP contribution in [-0.4, -0.2) is 198 Å². The van der Waals surface area contributed by atoms with Crippen LogP contribution < -0.4 is 15.4 Å². The summed E-state index contributed by atoms with van der Waals surface area (Å²) in [6.07, 6.45) is -4.33. The number of nitrogens with zero attached hydrogens (tertiary/aromatic N) is 3. The van der Waals surface area contributed by atoms with Gasteiger partial charge in [0.25, 0.3) is 5.91 Å². The van der Waals surface area contributed by atoms with Crippen molar-refractivity contribution >= 4 is 40.3 Å². The van der Waals surface area contributed by atoms with Gasteiger partial charge in [0.15, 0.2) is 12.1 Å². The molecule has 0 bridgehead atoms. The number of methoxy groups -OCH3 is 2. The van der Waals surface area contributed by atoms with Crippen molar-refractivity contribution < 1.29 is 68.0 Å². The van der Waals surface area contributed by atoms with Crippen molar-refractivity contribution in [2.45, 2.75) is 198 Å². The second kappa shape index (κ2) is 26.2. The zero-order chi connectivity index (χ0) is 59.7. The van der Waals surface area contributed by atoms with Gasteiger partial charge in [-0.25, -0.2) is 0 Å². The Balaban J connectivity index is 1.07. The summed E-state index contributed by atoms with van der Waals surface area (Å²) in [6.45, 7) is 19.6. The van der Waals surface area contributed by atoms with E-state index in [2.05, 4.69) is 15.5 Å². The maximum absolute atomic E-state index is 14.8. The van der Waals surface area contributed by atoms with Crippen molar-refractivity contribution in [1.82, 2.24) is 25.0 Å². The number of carbonyl (C=O) groups is 3. The Hall–Kier alpha value is -3.80. The summed E-state index contributed by atoms with van der Waals surface area (Å²) >= 11 is 6.11. The summed E-state index contributed by atoms with van der Waals surface area (Å²) in [5, 5.41) is 57.6. The Bertz CT molecular complexity index is 2640. The van der Waals surface area contributed by atoms with Crippen LogP contribution in [0.3, 0.4) is 0 Å². The third-order valence-electron chi connectivity index (χ3n) is 18.7. The zero-order valence-electron chi connectivity index (χ0n) is 50.5. The average Bonchev–Trinajstić information content (AvgIpc) is 3.08. The minimum atomic E-state index is -1.89. The van der Waals surface area contributed by atoms with E-state index in [9.17, 15) is 34.8 Å². The fraction of sp³-hybridized carbons (Fsp3) is 0.721. The Morgan fingerprint density at radius 3 is 2.26 bits per heavy atom. The third-order valence-corrected chi connectivity index (χ3v) is 19.0. The van der Waals surface area contributed by atoms with Gasteiger partial charge in [-0.3, -0.25) is 19.0 Å². The van der Waals surface area contributed by atoms with E-state index in [1.54, 1.807) is 69.9 Å². The average molecular weight is 1160 g/mol. The zero-order valence-corrected chi connectivity index (χ0v) is 51.2. The predicted octanol–water partition coefficient (Wildman–Crippen LogP) is 5.86. The highest BCUT2D eigenvalue weighted by Gasteiger charge is 2.62. The van der Waals surface area contributed by atoms with Crippen LogP contribution in [0, 0.1) is 30.6 Å². The van der Waals surface area contributed by atoms with Crippen molar-refractivity contribution in [3.63, 3.8) is 0 Å². The van der Waals surface area contributed by atoms with Gasteiger partial charge in [-0.05, 0) is 155 Å². The van der Waals surface area contributed by atoms with Crippen LogP contribution in [0.5, 0.6) is 5.75 Å². The number of carbonyl (C=O) groups excluding carboxylic acids is 3. The van der Waals surface area contributed by atoms with E-state index in [4.69, 9.17) is 44.8 Å². The lowest BCUT2D eigenvalue weighted by Gasteiger charge is -2.57. The van der Waals surface area contributed by atoms with Crippen LogP contribution in [-0.2, 0) is 44.4 Å². The molecule has 20 heteroatoms. The Labute approximate surface area is 484 Å². The largest absolute Gasteiger partial charge is 0.497 e. The van der Waals surface area contributed by atoms with Crippen molar-refractivity contribution in [2.75, 3.05) is 61.5 Å². The summed E-state index contributed by atoms with van der Waals surface area (Å²) in [5.74, 6) is -4.97. The van der Waals surface area contributed by atoms with Gasteiger partial charge in [-0.2, -0.15) is 0 Å². The van der Waals surface area contributed by atoms with Crippen molar-refractivity contribution in [3.8, 4) is 5.75 Å². The van der Waals surface area contributed by atoms with E-state index < -0.39 is 95.3 Å². The van der Waals surface area contributed by atoms with Crippen molar-refractivity contribution in [2.24, 2.45) is 23.7 Å². The molecule has 3 aromatic rings. The number of rotatable bonds is 15. The lowest BCUT2D eigenvalue weighted by atomic mass is 9.66. The second-order valence-corrected chi connectivity index (χ2v) is 25.1. The van der Waals surface area contributed by atoms with Crippen LogP contribution in [0.4, 0.5) is 0 Å². The highest BCUT2D eigenvalue weighted by molar-refractivity contribution is 6.30. The number of ether oxygens (including phenoxy) is 7. The molecule has 4 aliphatic rings. The Morgan fingerprint density at radius 1 is 0.938 bits per heavy atom. The molecule has 454 valence electrons. The van der Waals surface area contributed by atoms with E-state index in [1.807, 2.05) is 79.7 Å². The molecule has 5 heterocycles. The molecule has 1 aromatic heterocycles. The van der Waals surface area contributed by atoms with Crippen molar-refractivity contribution in [1.29, 1.82) is 0 Å². The van der Waals surface area contributed by atoms with Crippen molar-refractivity contribution in [3.05, 3.63) is 64.3 Å². The van der Waals surface area contributed by atoms with Gasteiger partial charge in [-0.1, -0.05) is 39.3 Å². The number of cyclic esters (lactones) is 1. The monoisotopic (exact) mass is 1160 g/mol. The molecule has 1 unspecified atom stereocenters. The molecular formula is C61H94ClN5O14. The summed E-state index contributed by atoms with van der Waals surface area (Å²) < 4.78 is 47.1. The minimum absolute atomic E-state index is 0.0474. The topological polar surface area (TPSA) is 232 Å². The Morgan fingerprint density at radius 2 is 1.62 bits per heavy atom.